The van der Waals surface area contributed by atoms with Crippen molar-refractivity contribution < 1.29 is 14.6 Å². The molecule has 9 nitrogen and oxygen atoms in total. The lowest BCUT2D eigenvalue weighted by molar-refractivity contribution is 0.0951. The number of aromatic nitrogens is 2. The van der Waals surface area contributed by atoms with Gasteiger partial charge in [-0.3, -0.25) is 14.2 Å². The molecule has 1 heterocycles. The van der Waals surface area contributed by atoms with Gasteiger partial charge in [0.1, 0.15) is 5.75 Å². The number of para-hydroxylation sites is 1. The second-order valence-corrected chi connectivity index (χ2v) is 9.87. The third-order valence-electron chi connectivity index (χ3n) is 6.04. The number of carbonyl (C=O) groups excluding carboxylic acids is 1. The molecule has 1 amide bonds. The van der Waals surface area contributed by atoms with Crippen molar-refractivity contribution in [3.8, 4) is 11.4 Å². The van der Waals surface area contributed by atoms with Crippen molar-refractivity contribution in [1.29, 1.82) is 0 Å². The Balaban J connectivity index is 0.00000127. The third-order valence-corrected chi connectivity index (χ3v) is 6.04. The van der Waals surface area contributed by atoms with Crippen molar-refractivity contribution in [3.05, 3.63) is 81.9 Å². The lowest BCUT2D eigenvalue weighted by atomic mass is 9.93. The number of hydrogen-bond acceptors (Lipinski definition) is 7. The van der Waals surface area contributed by atoms with Crippen LogP contribution in [0, 0.1) is 6.92 Å². The zero-order chi connectivity index (χ0) is 27.7. The van der Waals surface area contributed by atoms with Crippen LogP contribution in [0.3, 0.4) is 0 Å². The number of amides is 1. The third kappa shape index (κ3) is 7.43. The monoisotopic (exact) mass is 521 g/mol. The summed E-state index contributed by atoms with van der Waals surface area (Å²) in [6.07, 6.45) is 5.73. The number of aryl methyl sites for hydroxylation is 1. The molecule has 1 fully saturated rings. The Hall–Kier alpha value is -3.69. The summed E-state index contributed by atoms with van der Waals surface area (Å²) >= 11 is 0. The molecule has 0 spiro atoms. The second-order valence-electron chi connectivity index (χ2n) is 9.87. The summed E-state index contributed by atoms with van der Waals surface area (Å²) in [6.45, 7) is 6.26. The van der Waals surface area contributed by atoms with E-state index < -0.39 is 5.54 Å². The molecule has 4 rings (SSSR count). The average molecular weight is 522 g/mol. The first-order chi connectivity index (χ1) is 18.2. The van der Waals surface area contributed by atoms with E-state index in [0.29, 0.717) is 30.0 Å². The van der Waals surface area contributed by atoms with Crippen LogP contribution < -0.4 is 26.2 Å². The lowest BCUT2D eigenvalue weighted by Gasteiger charge is -2.29. The van der Waals surface area contributed by atoms with Crippen molar-refractivity contribution in [2.45, 2.75) is 51.6 Å². The summed E-state index contributed by atoms with van der Waals surface area (Å²) in [5.41, 5.74) is 1.89. The Morgan fingerprint density at radius 2 is 1.89 bits per heavy atom. The quantitative estimate of drug-likeness (QED) is 0.302. The molecule has 0 atom stereocenters. The van der Waals surface area contributed by atoms with Crippen molar-refractivity contribution in [1.82, 2.24) is 20.2 Å². The van der Waals surface area contributed by atoms with Crippen LogP contribution in [0.4, 0.5) is 5.82 Å². The van der Waals surface area contributed by atoms with E-state index in [0.717, 1.165) is 24.0 Å². The number of hydrogen-bond donors (Lipinski definition) is 4. The molecule has 1 aliphatic carbocycles. The van der Waals surface area contributed by atoms with E-state index in [9.17, 15) is 9.59 Å². The van der Waals surface area contributed by atoms with Crippen LogP contribution in [0.25, 0.3) is 5.69 Å². The fourth-order valence-corrected chi connectivity index (χ4v) is 3.91. The molecule has 1 aliphatic rings. The SMILES string of the molecule is CNC.Cc1ccc(C(=O)NC2CC2)cc1-n1ccnc(NC(C)(C)c2ccccc2OCCCO)c1=O. The molecule has 4 N–H and O–H groups in total. The van der Waals surface area contributed by atoms with Gasteiger partial charge in [0, 0.05) is 42.6 Å². The summed E-state index contributed by atoms with van der Waals surface area (Å²) in [5, 5.41) is 18.1. The van der Waals surface area contributed by atoms with Gasteiger partial charge in [0.05, 0.1) is 17.8 Å². The number of ether oxygens (including phenoxy) is 1. The zero-order valence-corrected chi connectivity index (χ0v) is 22.9. The first kappa shape index (κ1) is 28.9. The standard InChI is InChI=1S/C27H32N4O4.C2H7N/c1-18-9-10-19(25(33)29-20-11-12-20)17-22(18)31-14-13-28-24(26(31)34)30-27(2,3)21-7-4-5-8-23(21)35-16-6-15-32;1-3-2/h4-5,7-10,13-14,17,20,32H,6,11-12,15-16H2,1-3H3,(H,28,30)(H,29,33);3H,1-2H3. The predicted molar refractivity (Wildman–Crippen MR) is 150 cm³/mol. The molecule has 0 aliphatic heterocycles. The minimum absolute atomic E-state index is 0.0557. The summed E-state index contributed by atoms with van der Waals surface area (Å²) in [6, 6.07) is 13.2. The Kier molecular flexibility index (Phi) is 10.0. The molecule has 9 heteroatoms. The normalized spacial score (nSPS) is 12.8. The highest BCUT2D eigenvalue weighted by Gasteiger charge is 2.27. The maximum Gasteiger partial charge on any atom is 0.297 e. The smallest absolute Gasteiger partial charge is 0.297 e. The molecule has 0 unspecified atom stereocenters. The van der Waals surface area contributed by atoms with Gasteiger partial charge in [0.2, 0.25) is 0 Å². The van der Waals surface area contributed by atoms with Gasteiger partial charge in [-0.2, -0.15) is 0 Å². The molecule has 1 saturated carbocycles. The van der Waals surface area contributed by atoms with Crippen LogP contribution in [-0.2, 0) is 5.54 Å². The Bertz CT molecular complexity index is 1280. The van der Waals surface area contributed by atoms with E-state index in [-0.39, 0.29) is 29.9 Å². The Morgan fingerprint density at radius 3 is 2.58 bits per heavy atom. The fourth-order valence-electron chi connectivity index (χ4n) is 3.91. The second kappa shape index (κ2) is 13.2. The van der Waals surface area contributed by atoms with Gasteiger partial charge in [-0.25, -0.2) is 4.98 Å². The molecule has 0 radical (unpaired) electrons. The minimum Gasteiger partial charge on any atom is -0.493 e. The summed E-state index contributed by atoms with van der Waals surface area (Å²) in [4.78, 5) is 30.4. The molecular formula is C29H39N5O4. The van der Waals surface area contributed by atoms with Crippen molar-refractivity contribution in [3.63, 3.8) is 0 Å². The van der Waals surface area contributed by atoms with Gasteiger partial charge < -0.3 is 25.8 Å². The van der Waals surface area contributed by atoms with E-state index in [1.165, 1.54) is 4.57 Å². The Labute approximate surface area is 224 Å². The number of anilines is 1. The van der Waals surface area contributed by atoms with Crippen molar-refractivity contribution in [2.75, 3.05) is 32.6 Å². The van der Waals surface area contributed by atoms with Gasteiger partial charge in [-0.15, -0.1) is 0 Å². The predicted octanol–water partition coefficient (Wildman–Crippen LogP) is 3.38. The maximum absolute atomic E-state index is 13.5. The van der Waals surface area contributed by atoms with E-state index in [4.69, 9.17) is 9.84 Å². The van der Waals surface area contributed by atoms with Crippen LogP contribution in [0.15, 0.2) is 59.7 Å². The molecule has 1 aromatic heterocycles. The number of aliphatic hydroxyl groups excluding tert-OH is 1. The average Bonchev–Trinajstić information content (AvgIpc) is 3.70. The van der Waals surface area contributed by atoms with Crippen LogP contribution >= 0.6 is 0 Å². The minimum atomic E-state index is -0.678. The number of nitrogens with zero attached hydrogens (tertiary/aromatic N) is 2. The van der Waals surface area contributed by atoms with Crippen LogP contribution in [-0.4, -0.2) is 53.9 Å². The number of benzene rings is 2. The van der Waals surface area contributed by atoms with Gasteiger partial charge in [0.25, 0.3) is 11.5 Å². The van der Waals surface area contributed by atoms with E-state index in [2.05, 4.69) is 20.9 Å². The summed E-state index contributed by atoms with van der Waals surface area (Å²) in [5.74, 6) is 0.739. The molecule has 204 valence electrons. The van der Waals surface area contributed by atoms with Gasteiger partial charge >= 0.3 is 0 Å². The van der Waals surface area contributed by atoms with Crippen LogP contribution in [0.5, 0.6) is 5.75 Å². The van der Waals surface area contributed by atoms with Crippen LogP contribution in [0.1, 0.15) is 54.6 Å². The molecule has 38 heavy (non-hydrogen) atoms. The maximum atomic E-state index is 13.5. The van der Waals surface area contributed by atoms with Crippen molar-refractivity contribution >= 4 is 11.7 Å². The number of nitrogens with one attached hydrogen (secondary N) is 3. The highest BCUT2D eigenvalue weighted by atomic mass is 16.5. The summed E-state index contributed by atoms with van der Waals surface area (Å²) < 4.78 is 7.38. The zero-order valence-electron chi connectivity index (χ0n) is 22.9. The van der Waals surface area contributed by atoms with E-state index >= 15 is 0 Å². The number of aliphatic hydroxyl groups is 1. The molecule has 3 aromatic rings. The number of carbonyl (C=O) groups is 1. The van der Waals surface area contributed by atoms with E-state index in [1.54, 1.807) is 24.5 Å². The Morgan fingerprint density at radius 1 is 1.18 bits per heavy atom. The highest BCUT2D eigenvalue weighted by Crippen LogP contribution is 2.32. The molecule has 2 aromatic carbocycles. The van der Waals surface area contributed by atoms with Gasteiger partial charge in [0.15, 0.2) is 5.82 Å². The first-order valence-electron chi connectivity index (χ1n) is 12.9. The lowest BCUT2D eigenvalue weighted by Crippen LogP contribution is -2.34. The van der Waals surface area contributed by atoms with Crippen LogP contribution in [0.2, 0.25) is 0 Å². The highest BCUT2D eigenvalue weighted by molar-refractivity contribution is 5.95. The molecular weight excluding hydrogens is 482 g/mol. The van der Waals surface area contributed by atoms with E-state index in [1.807, 2.05) is 65.2 Å². The number of rotatable bonds is 10. The summed E-state index contributed by atoms with van der Waals surface area (Å²) in [7, 11) is 3.75. The topological polar surface area (TPSA) is 118 Å². The van der Waals surface area contributed by atoms with Gasteiger partial charge in [-0.1, -0.05) is 24.3 Å². The largest absolute Gasteiger partial charge is 0.493 e. The fraction of sp³-hybridized carbons (Fsp3) is 0.414. The molecule has 0 saturated heterocycles. The van der Waals surface area contributed by atoms with Crippen molar-refractivity contribution in [2.24, 2.45) is 0 Å². The molecule has 0 bridgehead atoms. The van der Waals surface area contributed by atoms with Gasteiger partial charge in [-0.05, 0) is 71.5 Å². The first-order valence-corrected chi connectivity index (χ1v) is 12.9.